The normalized spacial score (nSPS) is 21.3. The highest BCUT2D eigenvalue weighted by atomic mass is 16.6. The van der Waals surface area contributed by atoms with E-state index < -0.39 is 4.92 Å². The monoisotopic (exact) mass is 322 g/mol. The Labute approximate surface area is 133 Å². The van der Waals surface area contributed by atoms with Crippen LogP contribution in [0.5, 0.6) is 5.75 Å². The highest BCUT2D eigenvalue weighted by molar-refractivity contribution is 5.85. The van der Waals surface area contributed by atoms with E-state index in [0.717, 1.165) is 50.6 Å². The van der Waals surface area contributed by atoms with Gasteiger partial charge in [-0.25, -0.2) is 5.43 Å². The molecule has 1 amide bonds. The predicted molar refractivity (Wildman–Crippen MR) is 80.5 cm³/mol. The lowest BCUT2D eigenvalue weighted by Crippen LogP contribution is -3.27. The van der Waals surface area contributed by atoms with Crippen LogP contribution in [0.4, 0.5) is 5.69 Å². The number of amides is 1. The minimum absolute atomic E-state index is 0.0649. The van der Waals surface area contributed by atoms with E-state index in [-0.39, 0.29) is 22.9 Å². The van der Waals surface area contributed by atoms with Gasteiger partial charge in [-0.1, -0.05) is 11.8 Å². The number of hydrazone groups is 1. The van der Waals surface area contributed by atoms with Crippen molar-refractivity contribution in [3.63, 3.8) is 0 Å². The fourth-order valence-corrected chi connectivity index (χ4v) is 2.40. The summed E-state index contributed by atoms with van der Waals surface area (Å²) in [5.74, 6) is -0.630. The molecule has 0 bridgehead atoms. The topological polar surface area (TPSA) is 117 Å². The molecule has 23 heavy (non-hydrogen) atoms. The highest BCUT2D eigenvalue weighted by Crippen LogP contribution is 2.18. The lowest BCUT2D eigenvalue weighted by Gasteiger charge is -2.26. The third-order valence-electron chi connectivity index (χ3n) is 3.82. The summed E-state index contributed by atoms with van der Waals surface area (Å²) in [5, 5.41) is 26.0. The molecule has 1 aromatic rings. The van der Waals surface area contributed by atoms with Crippen molar-refractivity contribution in [3.05, 3.63) is 33.9 Å². The number of carbonyl (C=O) groups is 1. The summed E-state index contributed by atoms with van der Waals surface area (Å²) in [6, 6.07) is 3.38. The number of nitro benzene ring substituents is 1. The fourth-order valence-electron chi connectivity index (χ4n) is 2.40. The molecular formula is C14H20N5O4+. The second kappa shape index (κ2) is 7.65. The number of carbonyl (C=O) groups excluding carboxylic acids is 1. The summed E-state index contributed by atoms with van der Waals surface area (Å²) in [5.41, 5.74) is 2.23. The molecule has 1 aliphatic heterocycles. The van der Waals surface area contributed by atoms with E-state index in [0.29, 0.717) is 6.54 Å². The first-order chi connectivity index (χ1) is 11.0. The molecule has 1 saturated heterocycles. The molecule has 0 atom stereocenters. The van der Waals surface area contributed by atoms with Crippen molar-refractivity contribution >= 4 is 17.8 Å². The summed E-state index contributed by atoms with van der Waals surface area (Å²) in [6.07, 6.45) is 1.14. The largest absolute Gasteiger partial charge is 0.872 e. The van der Waals surface area contributed by atoms with Crippen LogP contribution in [0.2, 0.25) is 0 Å². The van der Waals surface area contributed by atoms with E-state index in [1.807, 2.05) is 0 Å². The summed E-state index contributed by atoms with van der Waals surface area (Å²) < 4.78 is 0. The van der Waals surface area contributed by atoms with Crippen LogP contribution in [0.25, 0.3) is 0 Å². The van der Waals surface area contributed by atoms with E-state index >= 15 is 0 Å². The van der Waals surface area contributed by atoms with Gasteiger partial charge >= 0.3 is 0 Å². The maximum absolute atomic E-state index is 11.8. The minimum Gasteiger partial charge on any atom is -0.872 e. The van der Waals surface area contributed by atoms with Gasteiger partial charge in [-0.3, -0.25) is 14.9 Å². The van der Waals surface area contributed by atoms with Crippen LogP contribution in [-0.4, -0.2) is 56.8 Å². The number of nitrogens with one attached hydrogen (secondary N) is 3. The number of hydrogen-bond acceptors (Lipinski definition) is 5. The quantitative estimate of drug-likeness (QED) is 0.297. The number of piperazine rings is 1. The molecule has 0 unspecified atom stereocenters. The molecule has 3 N–H and O–H groups in total. The molecule has 0 saturated carbocycles. The third-order valence-corrected chi connectivity index (χ3v) is 3.82. The van der Waals surface area contributed by atoms with Crippen LogP contribution in [-0.2, 0) is 4.79 Å². The molecule has 1 aromatic carbocycles. The van der Waals surface area contributed by atoms with Crippen LogP contribution >= 0.6 is 0 Å². The third kappa shape index (κ3) is 5.01. The molecule has 1 aliphatic rings. The average Bonchev–Trinajstić information content (AvgIpc) is 2.51. The van der Waals surface area contributed by atoms with Crippen LogP contribution in [0.3, 0.4) is 0 Å². The van der Waals surface area contributed by atoms with Crippen LogP contribution in [0.15, 0.2) is 23.3 Å². The predicted octanol–water partition coefficient (Wildman–Crippen LogP) is -3.47. The first-order valence-corrected chi connectivity index (χ1v) is 7.38. The lowest BCUT2D eigenvalue weighted by atomic mass is 10.2. The van der Waals surface area contributed by atoms with Gasteiger partial charge in [0.2, 0.25) is 0 Å². The Morgan fingerprint density at radius 1 is 1.39 bits per heavy atom. The van der Waals surface area contributed by atoms with Crippen LogP contribution in [0, 0.1) is 10.1 Å². The zero-order chi connectivity index (χ0) is 16.8. The van der Waals surface area contributed by atoms with Gasteiger partial charge in [0.15, 0.2) is 6.54 Å². The maximum atomic E-state index is 11.8. The molecule has 0 radical (unpaired) electrons. The number of nitrogens with zero attached hydrogens (tertiary/aromatic N) is 2. The molecule has 1 heterocycles. The molecule has 0 aromatic heterocycles. The number of nitro groups is 1. The summed E-state index contributed by atoms with van der Waals surface area (Å²) in [6.45, 7) is 4.24. The van der Waals surface area contributed by atoms with E-state index in [9.17, 15) is 20.0 Å². The van der Waals surface area contributed by atoms with Crippen molar-refractivity contribution in [1.29, 1.82) is 0 Å². The van der Waals surface area contributed by atoms with Crippen molar-refractivity contribution in [2.75, 3.05) is 39.8 Å². The summed E-state index contributed by atoms with van der Waals surface area (Å²) >= 11 is 0. The Bertz CT molecular complexity index is 611. The summed E-state index contributed by atoms with van der Waals surface area (Å²) in [4.78, 5) is 24.5. The second-order valence-electron chi connectivity index (χ2n) is 5.66. The molecule has 124 valence electrons. The van der Waals surface area contributed by atoms with Crippen molar-refractivity contribution in [2.24, 2.45) is 5.10 Å². The molecule has 0 spiro atoms. The standard InChI is InChI=1S/C14H19N5O4/c1-17-4-6-18(7-5-17)10-14(21)16-15-9-11-8-12(19(22)23)2-3-13(11)20/h2-3,8-9,20H,4-7,10H2,1H3,(H,16,21)/p+1/b15-9+. The van der Waals surface area contributed by atoms with Gasteiger partial charge in [0.25, 0.3) is 11.6 Å². The fraction of sp³-hybridized carbons (Fsp3) is 0.429. The number of likely N-dealkylation sites (N-methyl/N-ethyl adjacent to an activating group) is 1. The Morgan fingerprint density at radius 3 is 2.74 bits per heavy atom. The second-order valence-corrected chi connectivity index (χ2v) is 5.66. The first kappa shape index (κ1) is 16.8. The van der Waals surface area contributed by atoms with Gasteiger partial charge in [0.1, 0.15) is 26.2 Å². The number of benzene rings is 1. The Hall–Kier alpha value is -2.52. The molecule has 9 nitrogen and oxygen atoms in total. The number of rotatable bonds is 5. The Balaban J connectivity index is 1.87. The number of non-ortho nitro benzene ring substituents is 1. The smallest absolute Gasteiger partial charge is 0.295 e. The Kier molecular flexibility index (Phi) is 5.61. The first-order valence-electron chi connectivity index (χ1n) is 7.38. The highest BCUT2D eigenvalue weighted by Gasteiger charge is 2.21. The van der Waals surface area contributed by atoms with Crippen molar-refractivity contribution in [1.82, 2.24) is 5.43 Å². The van der Waals surface area contributed by atoms with Crippen LogP contribution in [0.1, 0.15) is 5.56 Å². The lowest BCUT2D eigenvalue weighted by molar-refractivity contribution is -1.000. The van der Waals surface area contributed by atoms with Crippen molar-refractivity contribution in [3.8, 4) is 5.75 Å². The number of quaternary nitrogens is 2. The van der Waals surface area contributed by atoms with Crippen molar-refractivity contribution < 1.29 is 24.6 Å². The van der Waals surface area contributed by atoms with Gasteiger partial charge in [0, 0.05) is 12.1 Å². The molecule has 2 rings (SSSR count). The molecule has 1 fully saturated rings. The van der Waals surface area contributed by atoms with Crippen molar-refractivity contribution in [2.45, 2.75) is 0 Å². The van der Waals surface area contributed by atoms with E-state index in [1.54, 1.807) is 0 Å². The zero-order valence-corrected chi connectivity index (χ0v) is 12.9. The van der Waals surface area contributed by atoms with E-state index in [2.05, 4.69) is 17.6 Å². The average molecular weight is 322 g/mol. The zero-order valence-electron chi connectivity index (χ0n) is 12.9. The maximum Gasteiger partial charge on any atom is 0.295 e. The van der Waals surface area contributed by atoms with E-state index in [1.165, 1.54) is 9.80 Å². The van der Waals surface area contributed by atoms with E-state index in [4.69, 9.17) is 0 Å². The van der Waals surface area contributed by atoms with Gasteiger partial charge in [-0.05, 0) is 5.56 Å². The number of hydrogen-bond donors (Lipinski definition) is 3. The molecule has 9 heteroatoms. The molecular weight excluding hydrogens is 302 g/mol. The van der Waals surface area contributed by atoms with Gasteiger partial charge in [0.05, 0.1) is 18.2 Å². The summed E-state index contributed by atoms with van der Waals surface area (Å²) in [7, 11) is 2.13. The Morgan fingerprint density at radius 2 is 2.09 bits per heavy atom. The van der Waals surface area contributed by atoms with Crippen LogP contribution < -0.4 is 20.3 Å². The van der Waals surface area contributed by atoms with Gasteiger partial charge in [-0.15, -0.1) is 0 Å². The van der Waals surface area contributed by atoms with Gasteiger partial charge in [-0.2, -0.15) is 5.10 Å². The SMILES string of the molecule is C[NH+]1CC[NH+](CC(=O)N/N=C/c2cc([N+](=O)[O-])ccc2[O-])CC1. The molecule has 0 aliphatic carbocycles. The van der Waals surface area contributed by atoms with Gasteiger partial charge < -0.3 is 14.9 Å². The minimum atomic E-state index is -0.589.